The number of hydrogen-bond acceptors (Lipinski definition) is 5. The van der Waals surface area contributed by atoms with Gasteiger partial charge in [0, 0.05) is 13.1 Å². The van der Waals surface area contributed by atoms with Crippen LogP contribution in [-0.4, -0.2) is 40.3 Å². The Kier molecular flexibility index (Phi) is 4.08. The molecule has 0 aliphatic rings. The van der Waals surface area contributed by atoms with Crippen molar-refractivity contribution in [3.05, 3.63) is 11.5 Å². The molecule has 1 aromatic rings. The van der Waals surface area contributed by atoms with Crippen molar-refractivity contribution in [1.82, 2.24) is 10.1 Å². The highest BCUT2D eigenvalue weighted by atomic mass is 16.7. The molecule has 1 aromatic heterocycles. The smallest absolute Gasteiger partial charge is 0.449 e. The minimum atomic E-state index is -1.51. The van der Waals surface area contributed by atoms with Crippen LogP contribution >= 0.6 is 0 Å². The zero-order valence-electron chi connectivity index (χ0n) is 9.89. The van der Waals surface area contributed by atoms with Gasteiger partial charge in [-0.15, -0.1) is 0 Å². The second kappa shape index (κ2) is 5.33. The molecule has 94 valence electrons. The molecule has 17 heavy (non-hydrogen) atoms. The van der Waals surface area contributed by atoms with Gasteiger partial charge in [-0.3, -0.25) is 4.79 Å². The number of aryl methyl sites for hydroxylation is 1. The Bertz CT molecular complexity index is 422. The maximum Gasteiger partial charge on any atom is 0.511 e. The zero-order valence-corrected chi connectivity index (χ0v) is 9.89. The molecule has 0 fully saturated rings. The van der Waals surface area contributed by atoms with Crippen LogP contribution in [0.15, 0.2) is 4.52 Å². The number of carbonyl (C=O) groups is 2. The molecule has 0 aliphatic carbocycles. The van der Waals surface area contributed by atoms with Gasteiger partial charge in [0.1, 0.15) is 5.69 Å². The highest BCUT2D eigenvalue weighted by Gasteiger charge is 2.26. The van der Waals surface area contributed by atoms with E-state index in [1.54, 1.807) is 0 Å². The topological polar surface area (TPSA) is 92.9 Å². The third-order valence-corrected chi connectivity index (χ3v) is 2.24. The second-order valence-corrected chi connectivity index (χ2v) is 3.27. The first-order chi connectivity index (χ1) is 8.01. The van der Waals surface area contributed by atoms with Crippen molar-refractivity contribution in [2.75, 3.05) is 13.1 Å². The quantitative estimate of drug-likeness (QED) is 0.804. The summed E-state index contributed by atoms with van der Waals surface area (Å²) < 4.78 is 9.30. The van der Waals surface area contributed by atoms with Crippen LogP contribution in [0.4, 0.5) is 4.79 Å². The van der Waals surface area contributed by atoms with Crippen molar-refractivity contribution in [2.24, 2.45) is 0 Å². The summed E-state index contributed by atoms with van der Waals surface area (Å²) >= 11 is 0. The number of rotatable bonds is 4. The fraction of sp³-hybridized carbons (Fsp3) is 0.500. The molecule has 0 saturated carbocycles. The summed E-state index contributed by atoms with van der Waals surface area (Å²) in [5.74, 6) is -0.769. The number of hydrogen-bond donors (Lipinski definition) is 1. The van der Waals surface area contributed by atoms with E-state index in [-0.39, 0.29) is 17.2 Å². The van der Waals surface area contributed by atoms with E-state index in [0.717, 1.165) is 0 Å². The molecule has 1 amide bonds. The van der Waals surface area contributed by atoms with Gasteiger partial charge in [-0.25, -0.2) is 4.79 Å². The average molecular weight is 242 g/mol. The third kappa shape index (κ3) is 2.74. The monoisotopic (exact) mass is 242 g/mol. The molecule has 7 nitrogen and oxygen atoms in total. The Hall–Kier alpha value is -2.05. The van der Waals surface area contributed by atoms with Crippen LogP contribution in [0.3, 0.4) is 0 Å². The van der Waals surface area contributed by atoms with Crippen LogP contribution in [0.5, 0.6) is 5.75 Å². The van der Waals surface area contributed by atoms with Gasteiger partial charge in [-0.2, -0.15) is 0 Å². The summed E-state index contributed by atoms with van der Waals surface area (Å²) in [6.07, 6.45) is -1.51. The molecule has 0 unspecified atom stereocenters. The van der Waals surface area contributed by atoms with E-state index in [1.165, 1.54) is 11.8 Å². The van der Waals surface area contributed by atoms with Gasteiger partial charge in [0.25, 0.3) is 11.7 Å². The van der Waals surface area contributed by atoms with Gasteiger partial charge in [0.15, 0.2) is 0 Å². The molecule has 0 aromatic carbocycles. The van der Waals surface area contributed by atoms with Gasteiger partial charge in [-0.05, 0) is 20.8 Å². The Labute approximate surface area is 97.9 Å². The van der Waals surface area contributed by atoms with Crippen LogP contribution in [0.1, 0.15) is 30.1 Å². The summed E-state index contributed by atoms with van der Waals surface area (Å²) in [4.78, 5) is 23.9. The largest absolute Gasteiger partial charge is 0.511 e. The lowest BCUT2D eigenvalue weighted by atomic mass is 10.3. The van der Waals surface area contributed by atoms with E-state index in [9.17, 15) is 9.59 Å². The van der Waals surface area contributed by atoms with E-state index in [2.05, 4.69) is 9.89 Å². The predicted molar refractivity (Wildman–Crippen MR) is 57.1 cm³/mol. The van der Waals surface area contributed by atoms with Crippen molar-refractivity contribution in [3.8, 4) is 5.75 Å². The Morgan fingerprint density at radius 1 is 1.41 bits per heavy atom. The molecule has 0 atom stereocenters. The van der Waals surface area contributed by atoms with Crippen molar-refractivity contribution in [2.45, 2.75) is 20.8 Å². The number of amides is 1. The molecule has 0 radical (unpaired) electrons. The van der Waals surface area contributed by atoms with Crippen molar-refractivity contribution >= 4 is 12.1 Å². The first kappa shape index (κ1) is 13.0. The van der Waals surface area contributed by atoms with Crippen molar-refractivity contribution in [1.29, 1.82) is 0 Å². The standard InChI is InChI=1S/C10H14N2O5/c1-4-12(5-2)9(13)8-7(16-10(14)15)6(3)11-17-8/h4-5H2,1-3H3,(H,14,15). The predicted octanol–water partition coefficient (Wildman–Crippen LogP) is 1.52. The molecule has 1 heterocycles. The van der Waals surface area contributed by atoms with Crippen LogP contribution in [-0.2, 0) is 0 Å². The summed E-state index contributed by atoms with van der Waals surface area (Å²) in [6.45, 7) is 6.09. The normalized spacial score (nSPS) is 10.1. The fourth-order valence-electron chi connectivity index (χ4n) is 1.36. The second-order valence-electron chi connectivity index (χ2n) is 3.27. The first-order valence-electron chi connectivity index (χ1n) is 5.17. The number of aromatic nitrogens is 1. The Morgan fingerprint density at radius 3 is 2.47 bits per heavy atom. The molecule has 1 N–H and O–H groups in total. The van der Waals surface area contributed by atoms with E-state index in [0.29, 0.717) is 13.1 Å². The third-order valence-electron chi connectivity index (χ3n) is 2.24. The van der Waals surface area contributed by atoms with Gasteiger partial charge >= 0.3 is 6.16 Å². The number of carboxylic acid groups (broad SMARTS) is 1. The van der Waals surface area contributed by atoms with Crippen LogP contribution in [0.2, 0.25) is 0 Å². The van der Waals surface area contributed by atoms with Crippen LogP contribution in [0, 0.1) is 6.92 Å². The molecule has 0 bridgehead atoms. The zero-order chi connectivity index (χ0) is 13.0. The highest BCUT2D eigenvalue weighted by molar-refractivity contribution is 5.94. The minimum Gasteiger partial charge on any atom is -0.449 e. The minimum absolute atomic E-state index is 0.144. The lowest BCUT2D eigenvalue weighted by Gasteiger charge is -2.16. The first-order valence-corrected chi connectivity index (χ1v) is 5.17. The molecule has 0 saturated heterocycles. The Balaban J connectivity index is 3.05. The average Bonchev–Trinajstić information content (AvgIpc) is 2.61. The highest BCUT2D eigenvalue weighted by Crippen LogP contribution is 2.24. The van der Waals surface area contributed by atoms with Gasteiger partial charge in [0.05, 0.1) is 0 Å². The van der Waals surface area contributed by atoms with E-state index in [1.807, 2.05) is 13.8 Å². The number of carbonyl (C=O) groups excluding carboxylic acids is 1. The maximum atomic E-state index is 11.9. The lowest BCUT2D eigenvalue weighted by molar-refractivity contribution is 0.0725. The summed E-state index contributed by atoms with van der Waals surface area (Å²) in [6, 6.07) is 0. The van der Waals surface area contributed by atoms with E-state index in [4.69, 9.17) is 9.63 Å². The summed E-state index contributed by atoms with van der Waals surface area (Å²) in [5.41, 5.74) is 0.225. The molecule has 1 rings (SSSR count). The molecular weight excluding hydrogens is 228 g/mol. The molecule has 7 heteroatoms. The van der Waals surface area contributed by atoms with E-state index < -0.39 is 12.1 Å². The van der Waals surface area contributed by atoms with Crippen LogP contribution in [0.25, 0.3) is 0 Å². The molecule has 0 aliphatic heterocycles. The van der Waals surface area contributed by atoms with Crippen molar-refractivity contribution < 1.29 is 24.0 Å². The molecular formula is C10H14N2O5. The SMILES string of the molecule is CCN(CC)C(=O)c1onc(C)c1OC(=O)O. The maximum absolute atomic E-state index is 11.9. The van der Waals surface area contributed by atoms with Gasteiger partial charge in [-0.1, -0.05) is 5.16 Å². The fourth-order valence-corrected chi connectivity index (χ4v) is 1.36. The van der Waals surface area contributed by atoms with Crippen LogP contribution < -0.4 is 4.74 Å². The van der Waals surface area contributed by atoms with Gasteiger partial charge < -0.3 is 19.3 Å². The van der Waals surface area contributed by atoms with E-state index >= 15 is 0 Å². The van der Waals surface area contributed by atoms with Crippen molar-refractivity contribution in [3.63, 3.8) is 0 Å². The molecule has 0 spiro atoms. The summed E-state index contributed by atoms with van der Waals surface area (Å²) in [7, 11) is 0. The van der Waals surface area contributed by atoms with Gasteiger partial charge in [0.2, 0.25) is 5.75 Å². The number of nitrogens with zero attached hydrogens (tertiary/aromatic N) is 2. The number of ether oxygens (including phenoxy) is 1. The summed E-state index contributed by atoms with van der Waals surface area (Å²) in [5, 5.41) is 12.1. The lowest BCUT2D eigenvalue weighted by Crippen LogP contribution is -2.30. The Morgan fingerprint density at radius 2 is 2.00 bits per heavy atom.